The largest absolute Gasteiger partial charge is 0.481 e. The van der Waals surface area contributed by atoms with Gasteiger partial charge in [-0.15, -0.1) is 0 Å². The third-order valence-electron chi connectivity index (χ3n) is 5.01. The summed E-state index contributed by atoms with van der Waals surface area (Å²) in [4.78, 5) is 24.5. The number of carbonyl (C=O) groups is 2. The summed E-state index contributed by atoms with van der Waals surface area (Å²) < 4.78 is 53.4. The molecule has 0 spiro atoms. The van der Waals surface area contributed by atoms with Crippen molar-refractivity contribution in [2.45, 2.75) is 24.9 Å². The fourth-order valence-electron chi connectivity index (χ4n) is 3.41. The summed E-state index contributed by atoms with van der Waals surface area (Å²) in [5.74, 6) is -4.31. The van der Waals surface area contributed by atoms with Crippen LogP contribution < -0.4 is 0 Å². The van der Waals surface area contributed by atoms with Gasteiger partial charge >= 0.3 is 12.1 Å². The molecule has 3 rings (SSSR count). The number of hydrogen-bond acceptors (Lipinski definition) is 2. The maximum atomic E-state index is 13.9. The highest BCUT2D eigenvalue weighted by atomic mass is 35.5. The van der Waals surface area contributed by atoms with Gasteiger partial charge in [-0.25, -0.2) is 4.39 Å². The molecule has 1 aliphatic carbocycles. The Labute approximate surface area is 145 Å². The zero-order chi connectivity index (χ0) is 18.6. The van der Waals surface area contributed by atoms with E-state index in [1.165, 1.54) is 18.2 Å². The van der Waals surface area contributed by atoms with Gasteiger partial charge in [0.2, 0.25) is 5.91 Å². The topological polar surface area (TPSA) is 57.6 Å². The number of amides is 1. The van der Waals surface area contributed by atoms with E-state index in [0.717, 1.165) is 4.90 Å². The number of halogens is 5. The van der Waals surface area contributed by atoms with Crippen LogP contribution in [0.3, 0.4) is 0 Å². The summed E-state index contributed by atoms with van der Waals surface area (Å²) in [5, 5.41) is 9.19. The lowest BCUT2D eigenvalue weighted by Crippen LogP contribution is -2.48. The highest BCUT2D eigenvalue weighted by Gasteiger charge is 2.65. The molecular weight excluding hydrogens is 366 g/mol. The molecule has 2 fully saturated rings. The van der Waals surface area contributed by atoms with Crippen LogP contribution in [0, 0.1) is 17.2 Å². The molecule has 136 valence electrons. The molecule has 0 bridgehead atoms. The molecule has 0 aromatic heterocycles. The molecule has 1 saturated heterocycles. The van der Waals surface area contributed by atoms with Crippen LogP contribution in [0.5, 0.6) is 0 Å². The molecule has 2 aliphatic rings. The number of nitrogens with zero attached hydrogens (tertiary/aromatic N) is 1. The Morgan fingerprint density at radius 3 is 2.52 bits per heavy atom. The number of carboxylic acids is 1. The fraction of sp³-hybridized carbons (Fsp3) is 0.500. The Bertz CT molecular complexity index is 718. The van der Waals surface area contributed by atoms with Crippen LogP contribution >= 0.6 is 11.6 Å². The molecule has 1 heterocycles. The van der Waals surface area contributed by atoms with Gasteiger partial charge in [-0.2, -0.15) is 13.2 Å². The normalized spacial score (nSPS) is 28.9. The Morgan fingerprint density at radius 1 is 1.32 bits per heavy atom. The average Bonchev–Trinajstić information content (AvgIpc) is 3.12. The standard InChI is InChI=1S/C16H14ClF4NO3/c17-10-2-1-3-11(18)12(10)8-6-9(8)13(23)22-5-4-15(7-22,14(24)25)16(19,20)21/h1-3,8-9H,4-7H2,(H,24,25). The molecule has 1 amide bonds. The van der Waals surface area contributed by atoms with Crippen molar-refractivity contribution in [1.29, 1.82) is 0 Å². The Hall–Kier alpha value is -1.83. The lowest BCUT2D eigenvalue weighted by molar-refractivity contribution is -0.227. The Kier molecular flexibility index (Phi) is 4.21. The minimum absolute atomic E-state index is 0.164. The Morgan fingerprint density at radius 2 is 2.00 bits per heavy atom. The number of likely N-dealkylation sites (tertiary alicyclic amines) is 1. The maximum absolute atomic E-state index is 13.9. The molecule has 0 radical (unpaired) electrons. The smallest absolute Gasteiger partial charge is 0.406 e. The molecule has 9 heteroatoms. The summed E-state index contributed by atoms with van der Waals surface area (Å²) in [5.41, 5.74) is -2.76. The van der Waals surface area contributed by atoms with Crippen LogP contribution in [-0.4, -0.2) is 41.1 Å². The average molecular weight is 380 g/mol. The van der Waals surface area contributed by atoms with Gasteiger partial charge in [0.1, 0.15) is 5.82 Å². The fourth-order valence-corrected chi connectivity index (χ4v) is 3.71. The summed E-state index contributed by atoms with van der Waals surface area (Å²) in [7, 11) is 0. The maximum Gasteiger partial charge on any atom is 0.406 e. The van der Waals surface area contributed by atoms with Gasteiger partial charge < -0.3 is 10.0 Å². The first-order valence-corrected chi connectivity index (χ1v) is 7.99. The van der Waals surface area contributed by atoms with Crippen molar-refractivity contribution >= 4 is 23.5 Å². The van der Waals surface area contributed by atoms with Crippen molar-refractivity contribution in [2.75, 3.05) is 13.1 Å². The van der Waals surface area contributed by atoms with Crippen molar-refractivity contribution in [3.63, 3.8) is 0 Å². The number of carbonyl (C=O) groups excluding carboxylic acids is 1. The summed E-state index contributed by atoms with van der Waals surface area (Å²) in [6.07, 6.45) is -5.36. The number of hydrogen-bond donors (Lipinski definition) is 1. The first-order valence-electron chi connectivity index (χ1n) is 7.61. The number of aliphatic carboxylic acids is 1. The second kappa shape index (κ2) is 5.86. The predicted octanol–water partition coefficient (Wildman–Crippen LogP) is 3.45. The molecule has 1 aromatic carbocycles. The quantitative estimate of drug-likeness (QED) is 0.818. The number of benzene rings is 1. The van der Waals surface area contributed by atoms with Gasteiger partial charge in [-0.1, -0.05) is 17.7 Å². The molecule has 3 unspecified atom stereocenters. The SMILES string of the molecule is O=C(C1CC1c1c(F)cccc1Cl)N1CCC(C(=O)O)(C(F)(F)F)C1. The van der Waals surface area contributed by atoms with E-state index >= 15 is 0 Å². The second-order valence-corrected chi connectivity index (χ2v) is 6.89. The summed E-state index contributed by atoms with van der Waals surface area (Å²) in [6, 6.07) is 4.11. The van der Waals surface area contributed by atoms with E-state index in [1.807, 2.05) is 0 Å². The minimum Gasteiger partial charge on any atom is -0.481 e. The van der Waals surface area contributed by atoms with E-state index in [1.54, 1.807) is 0 Å². The van der Waals surface area contributed by atoms with E-state index in [0.29, 0.717) is 0 Å². The zero-order valence-corrected chi connectivity index (χ0v) is 13.6. The van der Waals surface area contributed by atoms with Gasteiger partial charge in [0.05, 0.1) is 0 Å². The van der Waals surface area contributed by atoms with E-state index < -0.39 is 54.1 Å². The van der Waals surface area contributed by atoms with E-state index in [2.05, 4.69) is 0 Å². The van der Waals surface area contributed by atoms with Gasteiger partial charge in [0, 0.05) is 35.5 Å². The predicted molar refractivity (Wildman–Crippen MR) is 79.6 cm³/mol. The number of carboxylic acid groups (broad SMARTS) is 1. The number of alkyl halides is 3. The van der Waals surface area contributed by atoms with Gasteiger partial charge in [0.15, 0.2) is 5.41 Å². The highest BCUT2D eigenvalue weighted by Crippen LogP contribution is 2.53. The monoisotopic (exact) mass is 379 g/mol. The van der Waals surface area contributed by atoms with Crippen molar-refractivity contribution in [2.24, 2.45) is 11.3 Å². The van der Waals surface area contributed by atoms with Gasteiger partial charge in [-0.05, 0) is 25.0 Å². The highest BCUT2D eigenvalue weighted by molar-refractivity contribution is 6.31. The third kappa shape index (κ3) is 2.86. The van der Waals surface area contributed by atoms with Crippen molar-refractivity contribution < 1.29 is 32.3 Å². The Balaban J connectivity index is 1.75. The molecule has 1 aromatic rings. The molecule has 1 saturated carbocycles. The van der Waals surface area contributed by atoms with Crippen LogP contribution in [0.4, 0.5) is 17.6 Å². The van der Waals surface area contributed by atoms with E-state index in [4.69, 9.17) is 16.7 Å². The second-order valence-electron chi connectivity index (χ2n) is 6.48. The van der Waals surface area contributed by atoms with Crippen LogP contribution in [0.1, 0.15) is 24.3 Å². The van der Waals surface area contributed by atoms with Crippen molar-refractivity contribution in [3.8, 4) is 0 Å². The lowest BCUT2D eigenvalue weighted by Gasteiger charge is -2.27. The number of rotatable bonds is 3. The summed E-state index contributed by atoms with van der Waals surface area (Å²) in [6.45, 7) is -1.21. The third-order valence-corrected chi connectivity index (χ3v) is 5.34. The van der Waals surface area contributed by atoms with Gasteiger partial charge in [0.25, 0.3) is 0 Å². The van der Waals surface area contributed by atoms with Crippen LogP contribution in [0.2, 0.25) is 5.02 Å². The molecular formula is C16H14ClF4NO3. The van der Waals surface area contributed by atoms with Crippen molar-refractivity contribution in [1.82, 2.24) is 4.90 Å². The van der Waals surface area contributed by atoms with Gasteiger partial charge in [-0.3, -0.25) is 9.59 Å². The molecule has 4 nitrogen and oxygen atoms in total. The van der Waals surface area contributed by atoms with Crippen LogP contribution in [0.25, 0.3) is 0 Å². The zero-order valence-electron chi connectivity index (χ0n) is 12.8. The van der Waals surface area contributed by atoms with Crippen LogP contribution in [0.15, 0.2) is 18.2 Å². The van der Waals surface area contributed by atoms with E-state index in [9.17, 15) is 27.2 Å². The first kappa shape index (κ1) is 18.0. The minimum atomic E-state index is -4.95. The van der Waals surface area contributed by atoms with E-state index in [-0.39, 0.29) is 23.6 Å². The van der Waals surface area contributed by atoms with Crippen molar-refractivity contribution in [3.05, 3.63) is 34.6 Å². The lowest BCUT2D eigenvalue weighted by atomic mass is 9.86. The molecule has 3 atom stereocenters. The first-order chi connectivity index (χ1) is 11.6. The molecule has 25 heavy (non-hydrogen) atoms. The molecule has 1 N–H and O–H groups in total. The summed E-state index contributed by atoms with van der Waals surface area (Å²) >= 11 is 5.95. The van der Waals surface area contributed by atoms with Crippen LogP contribution in [-0.2, 0) is 9.59 Å². The molecule has 1 aliphatic heterocycles.